The lowest BCUT2D eigenvalue weighted by atomic mass is 10.3. The Morgan fingerprint density at radius 3 is 2.21 bits per heavy atom. The van der Waals surface area contributed by atoms with Crippen molar-refractivity contribution in [2.75, 3.05) is 67.1 Å². The molecule has 0 fully saturated rings. The van der Waals surface area contributed by atoms with E-state index in [4.69, 9.17) is 33.2 Å². The summed E-state index contributed by atoms with van der Waals surface area (Å²) in [6, 6.07) is 9.09. The molecular weight excluding hydrogens is 680 g/mol. The van der Waals surface area contributed by atoms with Gasteiger partial charge in [0.25, 0.3) is 10.0 Å². The maximum Gasteiger partial charge on any atom is 0.387 e. The van der Waals surface area contributed by atoms with Gasteiger partial charge in [-0.15, -0.1) is 0 Å². The van der Waals surface area contributed by atoms with E-state index in [1.165, 1.54) is 44.7 Å². The minimum atomic E-state index is -4.57. The molecule has 1 atom stereocenters. The third-order valence-corrected chi connectivity index (χ3v) is 9.82. The van der Waals surface area contributed by atoms with Crippen LogP contribution in [0.25, 0.3) is 11.0 Å². The molecule has 3 heterocycles. The normalized spacial score (nSPS) is 15.8. The van der Waals surface area contributed by atoms with Gasteiger partial charge in [0, 0.05) is 35.6 Å². The molecule has 2 aromatic heterocycles. The fraction of sp³-hybridized carbons (Fsp3) is 0.400. The summed E-state index contributed by atoms with van der Waals surface area (Å²) in [7, 11) is -1.76. The van der Waals surface area contributed by atoms with Gasteiger partial charge in [-0.05, 0) is 24.3 Å². The van der Waals surface area contributed by atoms with E-state index in [-0.39, 0.29) is 76.8 Å². The molecular formula is C30H33F2N3O11S2. The molecule has 2 aromatic carbocycles. The fourth-order valence-corrected chi connectivity index (χ4v) is 7.64. The number of methoxy groups -OCH3 is 2. The van der Waals surface area contributed by atoms with Gasteiger partial charge in [-0.3, -0.25) is 4.98 Å². The molecule has 0 aliphatic carbocycles. The second-order valence-corrected chi connectivity index (χ2v) is 12.9. The molecule has 14 nitrogen and oxygen atoms in total. The highest BCUT2D eigenvalue weighted by Crippen LogP contribution is 2.36. The number of alkyl halides is 2. The number of nitrogens with zero attached hydrogens (tertiary/aromatic N) is 3. The number of imidazole rings is 1. The van der Waals surface area contributed by atoms with Crippen molar-refractivity contribution < 1.29 is 59.6 Å². The number of ether oxygens (including phenoxy) is 8. The monoisotopic (exact) mass is 713 g/mol. The predicted molar refractivity (Wildman–Crippen MR) is 166 cm³/mol. The summed E-state index contributed by atoms with van der Waals surface area (Å²) in [6.07, 6.45) is 1.42. The smallest absolute Gasteiger partial charge is 0.387 e. The summed E-state index contributed by atoms with van der Waals surface area (Å²) in [5.41, 5.74) is 0.116. The highest BCUT2D eigenvalue weighted by atomic mass is 32.2. The van der Waals surface area contributed by atoms with E-state index in [0.717, 1.165) is 16.1 Å². The van der Waals surface area contributed by atoms with Crippen LogP contribution in [0.1, 0.15) is 5.69 Å². The Labute approximate surface area is 278 Å². The summed E-state index contributed by atoms with van der Waals surface area (Å²) in [5.74, 6) is 0.296. The molecule has 4 aromatic rings. The molecule has 18 heteroatoms. The number of benzene rings is 2. The quantitative estimate of drug-likeness (QED) is 0.232. The average molecular weight is 714 g/mol. The van der Waals surface area contributed by atoms with E-state index in [1.807, 2.05) is 0 Å². The third-order valence-electron chi connectivity index (χ3n) is 6.79. The summed E-state index contributed by atoms with van der Waals surface area (Å²) in [6.45, 7) is -1.00. The molecule has 0 radical (unpaired) electrons. The van der Waals surface area contributed by atoms with Crippen LogP contribution in [0.3, 0.4) is 0 Å². The summed E-state index contributed by atoms with van der Waals surface area (Å²) in [5, 5.41) is -0.396. The Balaban J connectivity index is 1.56. The van der Waals surface area contributed by atoms with Gasteiger partial charge in [-0.1, -0.05) is 0 Å². The number of halogens is 2. The van der Waals surface area contributed by atoms with Crippen LogP contribution in [-0.4, -0.2) is 101 Å². The number of rotatable bonds is 9. The summed E-state index contributed by atoms with van der Waals surface area (Å²) in [4.78, 5) is 8.29. The number of fused-ring (bicyclic) bond motifs is 2. The van der Waals surface area contributed by atoms with Gasteiger partial charge in [0.05, 0.1) is 69.8 Å². The second kappa shape index (κ2) is 16.4. The van der Waals surface area contributed by atoms with Gasteiger partial charge in [0.15, 0.2) is 28.8 Å². The zero-order valence-electron chi connectivity index (χ0n) is 26.0. The zero-order chi connectivity index (χ0) is 34.1. The van der Waals surface area contributed by atoms with Gasteiger partial charge in [0.2, 0.25) is 0 Å². The fourth-order valence-electron chi connectivity index (χ4n) is 4.66. The van der Waals surface area contributed by atoms with Crippen molar-refractivity contribution in [3.05, 3.63) is 54.4 Å². The zero-order valence-corrected chi connectivity index (χ0v) is 27.6. The van der Waals surface area contributed by atoms with Gasteiger partial charge in [-0.25, -0.2) is 8.42 Å². The molecule has 0 N–H and O–H groups in total. The van der Waals surface area contributed by atoms with Crippen LogP contribution in [0.5, 0.6) is 28.7 Å². The topological polar surface area (TPSA) is 162 Å². The maximum absolute atomic E-state index is 14.4. The standard InChI is InChI=1S/C30H33F2N3O11S2/c1-39-26-7-8-33-23(28(26)40-2)19-47(36)30-34-22-17-20(46-29(31)32)3-5-24(22)35(30)48(37,38)21-4-6-25-27(18-21)45-16-14-43-12-10-41-9-11-42-13-15-44-25/h3-8,17-18,29H,9-16,19H2,1-2H3. The lowest BCUT2D eigenvalue weighted by Crippen LogP contribution is -2.21. The first-order valence-corrected chi connectivity index (χ1v) is 17.3. The Morgan fingerprint density at radius 1 is 0.896 bits per heavy atom. The molecule has 0 spiro atoms. The van der Waals surface area contributed by atoms with E-state index in [1.54, 1.807) is 6.07 Å². The van der Waals surface area contributed by atoms with Gasteiger partial charge in [0.1, 0.15) is 24.7 Å². The van der Waals surface area contributed by atoms with Crippen LogP contribution in [0.15, 0.2) is 58.7 Å². The number of aromatic nitrogens is 3. The molecule has 260 valence electrons. The largest absolute Gasteiger partial charge is 0.609 e. The van der Waals surface area contributed by atoms with Crippen LogP contribution in [0, 0.1) is 0 Å². The van der Waals surface area contributed by atoms with Crippen LogP contribution in [0.4, 0.5) is 8.78 Å². The average Bonchev–Trinajstić information content (AvgIpc) is 3.46. The summed E-state index contributed by atoms with van der Waals surface area (Å²) < 4.78 is 113. The Bertz CT molecular complexity index is 1790. The molecule has 0 bridgehead atoms. The first-order chi connectivity index (χ1) is 23.2. The molecule has 5 rings (SSSR count). The molecule has 1 unspecified atom stereocenters. The lowest BCUT2D eigenvalue weighted by Gasteiger charge is -2.17. The van der Waals surface area contributed by atoms with Crippen molar-refractivity contribution in [1.29, 1.82) is 0 Å². The molecule has 48 heavy (non-hydrogen) atoms. The van der Waals surface area contributed by atoms with Crippen molar-refractivity contribution in [3.63, 3.8) is 0 Å². The predicted octanol–water partition coefficient (Wildman–Crippen LogP) is 3.42. The van der Waals surface area contributed by atoms with E-state index in [0.29, 0.717) is 32.2 Å². The van der Waals surface area contributed by atoms with Crippen molar-refractivity contribution in [2.24, 2.45) is 0 Å². The SMILES string of the molecule is COc1ccnc(C[S+]([O-])c2nc3cc(OC(F)F)ccc3n2S(=O)(=O)c2ccc3c(c2)OCCOCCOCCOCCO3)c1OC. The van der Waals surface area contributed by atoms with Crippen molar-refractivity contribution in [2.45, 2.75) is 22.4 Å². The summed E-state index contributed by atoms with van der Waals surface area (Å²) >= 11 is -2.17. The maximum atomic E-state index is 14.4. The molecule has 0 amide bonds. The number of hydrogen-bond donors (Lipinski definition) is 0. The van der Waals surface area contributed by atoms with E-state index in [2.05, 4.69) is 14.7 Å². The van der Waals surface area contributed by atoms with Gasteiger partial charge < -0.3 is 42.4 Å². The number of pyridine rings is 1. The van der Waals surface area contributed by atoms with Crippen LogP contribution in [0.2, 0.25) is 0 Å². The Hall–Kier alpha value is -3.94. The highest BCUT2D eigenvalue weighted by molar-refractivity contribution is 7.93. The highest BCUT2D eigenvalue weighted by Gasteiger charge is 2.33. The van der Waals surface area contributed by atoms with Crippen LogP contribution < -0.4 is 23.7 Å². The molecule has 1 aliphatic rings. The van der Waals surface area contributed by atoms with E-state index in [9.17, 15) is 21.8 Å². The van der Waals surface area contributed by atoms with Crippen molar-refractivity contribution in [3.8, 4) is 28.7 Å². The molecule has 1 aliphatic heterocycles. The van der Waals surface area contributed by atoms with Gasteiger partial charge >= 0.3 is 11.8 Å². The molecule has 0 saturated heterocycles. The molecule has 0 saturated carbocycles. The van der Waals surface area contributed by atoms with Crippen LogP contribution in [-0.2, 0) is 41.2 Å². The Kier molecular flexibility index (Phi) is 12.1. The van der Waals surface area contributed by atoms with E-state index < -0.39 is 33.0 Å². The first-order valence-electron chi connectivity index (χ1n) is 14.5. The lowest BCUT2D eigenvalue weighted by molar-refractivity contribution is -0.0497. The minimum Gasteiger partial charge on any atom is -0.609 e. The second-order valence-electron chi connectivity index (χ2n) is 9.82. The van der Waals surface area contributed by atoms with Crippen molar-refractivity contribution in [1.82, 2.24) is 13.9 Å². The Morgan fingerprint density at radius 2 is 1.56 bits per heavy atom. The van der Waals surface area contributed by atoms with E-state index >= 15 is 0 Å². The van der Waals surface area contributed by atoms with Gasteiger partial charge in [-0.2, -0.15) is 17.7 Å². The van der Waals surface area contributed by atoms with Crippen LogP contribution >= 0.6 is 0 Å². The number of hydrogen-bond acceptors (Lipinski definition) is 13. The van der Waals surface area contributed by atoms with Crippen molar-refractivity contribution >= 4 is 32.2 Å². The third kappa shape index (κ3) is 8.37. The first kappa shape index (κ1) is 35.4. The minimum absolute atomic E-state index is 0.0355.